The van der Waals surface area contributed by atoms with E-state index >= 15 is 0 Å². The van der Waals surface area contributed by atoms with Crippen molar-refractivity contribution in [3.63, 3.8) is 0 Å². The Labute approximate surface area is 184 Å². The first-order valence-corrected chi connectivity index (χ1v) is 11.1. The first-order chi connectivity index (χ1) is 14.6. The van der Waals surface area contributed by atoms with E-state index in [4.69, 9.17) is 12.2 Å². The van der Waals surface area contributed by atoms with E-state index in [9.17, 15) is 4.79 Å². The van der Waals surface area contributed by atoms with Crippen molar-refractivity contribution in [2.75, 3.05) is 38.1 Å². The van der Waals surface area contributed by atoms with Crippen LogP contribution in [0.3, 0.4) is 0 Å². The Kier molecular flexibility index (Phi) is 5.06. The summed E-state index contributed by atoms with van der Waals surface area (Å²) >= 11 is 6.37. The maximum Gasteiger partial charge on any atom is 0.263 e. The van der Waals surface area contributed by atoms with Crippen molar-refractivity contribution >= 4 is 57.0 Å². The molecule has 0 radical (unpaired) electrons. The van der Waals surface area contributed by atoms with Crippen molar-refractivity contribution < 1.29 is 4.79 Å². The standard InChI is InChI=1S/C22H21N5OS2/c1-25-7-9-26(10-8-25)16-3-2-4-17(13-16)27-14-23-18-6-5-15(11-19(18)27)12-20-21(28)24-22(29)30-20/h2-6,11-14H,7-10H2,1H3,(H,24,28,29)/b20-12-. The molecule has 2 fully saturated rings. The number of benzene rings is 2. The number of rotatable bonds is 3. The summed E-state index contributed by atoms with van der Waals surface area (Å²) in [6.07, 6.45) is 3.73. The molecular formula is C22H21N5OS2. The second-order valence-corrected chi connectivity index (χ2v) is 9.24. The number of carbonyl (C=O) groups excluding carboxylic acids is 1. The molecule has 1 amide bonds. The fraction of sp³-hybridized carbons (Fsp3) is 0.227. The third kappa shape index (κ3) is 3.74. The van der Waals surface area contributed by atoms with E-state index < -0.39 is 0 Å². The minimum atomic E-state index is -0.140. The van der Waals surface area contributed by atoms with Gasteiger partial charge in [-0.15, -0.1) is 0 Å². The topological polar surface area (TPSA) is 53.4 Å². The zero-order chi connectivity index (χ0) is 20.7. The molecule has 2 aliphatic rings. The third-order valence-electron chi connectivity index (χ3n) is 5.49. The predicted molar refractivity (Wildman–Crippen MR) is 127 cm³/mol. The summed E-state index contributed by atoms with van der Waals surface area (Å²) in [5, 5.41) is 2.66. The summed E-state index contributed by atoms with van der Waals surface area (Å²) in [5.41, 5.74) is 5.18. The van der Waals surface area contributed by atoms with Gasteiger partial charge in [0.05, 0.1) is 15.9 Å². The van der Waals surface area contributed by atoms with Crippen LogP contribution < -0.4 is 10.2 Å². The molecule has 0 bridgehead atoms. The number of imidazole rings is 1. The highest BCUT2D eigenvalue weighted by Gasteiger charge is 2.22. The van der Waals surface area contributed by atoms with Gasteiger partial charge < -0.3 is 15.1 Å². The lowest BCUT2D eigenvalue weighted by molar-refractivity contribution is -0.115. The van der Waals surface area contributed by atoms with Crippen molar-refractivity contribution in [3.8, 4) is 5.69 Å². The van der Waals surface area contributed by atoms with E-state index in [2.05, 4.69) is 62.0 Å². The SMILES string of the molecule is CN1CCN(c2cccc(-n3cnc4ccc(/C=C5\SC(=S)NC5=O)cc43)c2)CC1. The van der Waals surface area contributed by atoms with E-state index in [1.54, 1.807) is 0 Å². The minimum absolute atomic E-state index is 0.140. The molecule has 1 aromatic heterocycles. The molecule has 152 valence electrons. The monoisotopic (exact) mass is 435 g/mol. The van der Waals surface area contributed by atoms with Crippen molar-refractivity contribution in [2.45, 2.75) is 0 Å². The fourth-order valence-corrected chi connectivity index (χ4v) is 4.84. The van der Waals surface area contributed by atoms with Crippen LogP contribution in [0.4, 0.5) is 5.69 Å². The zero-order valence-electron chi connectivity index (χ0n) is 16.5. The number of thiocarbonyl (C=S) groups is 1. The normalized spacial score (nSPS) is 19.1. The Balaban J connectivity index is 1.49. The van der Waals surface area contributed by atoms with Crippen molar-refractivity contribution in [1.82, 2.24) is 19.8 Å². The second-order valence-electron chi connectivity index (χ2n) is 7.53. The summed E-state index contributed by atoms with van der Waals surface area (Å²) in [7, 11) is 2.17. The van der Waals surface area contributed by atoms with Crippen LogP contribution in [0.1, 0.15) is 5.56 Å². The van der Waals surface area contributed by atoms with E-state index in [0.29, 0.717) is 9.23 Å². The molecule has 3 aromatic rings. The number of anilines is 1. The highest BCUT2D eigenvalue weighted by atomic mass is 32.2. The summed E-state index contributed by atoms with van der Waals surface area (Å²) in [4.78, 5) is 21.9. The summed E-state index contributed by atoms with van der Waals surface area (Å²) in [6.45, 7) is 4.21. The van der Waals surface area contributed by atoms with Gasteiger partial charge in [-0.05, 0) is 49.0 Å². The Morgan fingerprint density at radius 2 is 1.90 bits per heavy atom. The molecule has 2 aromatic carbocycles. The van der Waals surface area contributed by atoms with Gasteiger partial charge in [-0.2, -0.15) is 0 Å². The van der Waals surface area contributed by atoms with Crippen LogP contribution >= 0.6 is 24.0 Å². The number of thioether (sulfide) groups is 1. The van der Waals surface area contributed by atoms with Gasteiger partial charge in [0.2, 0.25) is 0 Å². The highest BCUT2D eigenvalue weighted by Crippen LogP contribution is 2.28. The Morgan fingerprint density at radius 1 is 1.10 bits per heavy atom. The predicted octanol–water partition coefficient (Wildman–Crippen LogP) is 3.27. The van der Waals surface area contributed by atoms with E-state index in [1.807, 2.05) is 24.5 Å². The first kappa shape index (κ1) is 19.3. The quantitative estimate of drug-likeness (QED) is 0.503. The van der Waals surface area contributed by atoms with Crippen molar-refractivity contribution in [1.29, 1.82) is 0 Å². The van der Waals surface area contributed by atoms with Gasteiger partial charge in [-0.3, -0.25) is 9.36 Å². The number of fused-ring (bicyclic) bond motifs is 1. The molecule has 1 N–H and O–H groups in total. The highest BCUT2D eigenvalue weighted by molar-refractivity contribution is 8.26. The number of nitrogens with zero attached hydrogens (tertiary/aromatic N) is 4. The van der Waals surface area contributed by atoms with Crippen LogP contribution in [0, 0.1) is 0 Å². The van der Waals surface area contributed by atoms with E-state index in [1.165, 1.54) is 17.4 Å². The molecular weight excluding hydrogens is 414 g/mol. The van der Waals surface area contributed by atoms with Gasteiger partial charge in [0.1, 0.15) is 10.6 Å². The molecule has 5 rings (SSSR count). The van der Waals surface area contributed by atoms with Crippen LogP contribution in [-0.2, 0) is 4.79 Å². The van der Waals surface area contributed by atoms with Crippen LogP contribution in [0.5, 0.6) is 0 Å². The average Bonchev–Trinajstić information content (AvgIpc) is 3.31. The molecule has 0 atom stereocenters. The Bertz CT molecular complexity index is 1180. The van der Waals surface area contributed by atoms with Gasteiger partial charge >= 0.3 is 0 Å². The first-order valence-electron chi connectivity index (χ1n) is 9.83. The van der Waals surface area contributed by atoms with Gasteiger partial charge in [0.15, 0.2) is 0 Å². The number of aromatic nitrogens is 2. The number of amides is 1. The Hall–Kier alpha value is -2.68. The molecule has 30 heavy (non-hydrogen) atoms. The number of nitrogens with one attached hydrogen (secondary N) is 1. The van der Waals surface area contributed by atoms with Crippen molar-refractivity contribution in [2.24, 2.45) is 0 Å². The molecule has 0 saturated carbocycles. The lowest BCUT2D eigenvalue weighted by atomic mass is 10.1. The van der Waals surface area contributed by atoms with Crippen molar-refractivity contribution in [3.05, 3.63) is 59.3 Å². The third-order valence-corrected chi connectivity index (χ3v) is 6.65. The maximum absolute atomic E-state index is 12.0. The minimum Gasteiger partial charge on any atom is -0.369 e. The van der Waals surface area contributed by atoms with E-state index in [0.717, 1.165) is 48.5 Å². The summed E-state index contributed by atoms with van der Waals surface area (Å²) in [5.74, 6) is -0.140. The number of hydrogen-bond acceptors (Lipinski definition) is 6. The van der Waals surface area contributed by atoms with Gasteiger partial charge in [0, 0.05) is 37.6 Å². The number of hydrogen-bond donors (Lipinski definition) is 1. The molecule has 3 heterocycles. The fourth-order valence-electron chi connectivity index (χ4n) is 3.80. The van der Waals surface area contributed by atoms with Gasteiger partial charge in [-0.1, -0.05) is 36.1 Å². The lowest BCUT2D eigenvalue weighted by Crippen LogP contribution is -2.44. The van der Waals surface area contributed by atoms with Gasteiger partial charge in [0.25, 0.3) is 5.91 Å². The summed E-state index contributed by atoms with van der Waals surface area (Å²) in [6, 6.07) is 14.6. The maximum atomic E-state index is 12.0. The molecule has 2 saturated heterocycles. The molecule has 0 aliphatic carbocycles. The molecule has 8 heteroatoms. The molecule has 0 spiro atoms. The van der Waals surface area contributed by atoms with Crippen LogP contribution in [-0.4, -0.2) is 57.9 Å². The summed E-state index contributed by atoms with van der Waals surface area (Å²) < 4.78 is 2.60. The van der Waals surface area contributed by atoms with Crippen LogP contribution in [0.15, 0.2) is 53.7 Å². The average molecular weight is 436 g/mol. The number of carbonyl (C=O) groups is 1. The molecule has 0 unspecified atom stereocenters. The molecule has 6 nitrogen and oxygen atoms in total. The van der Waals surface area contributed by atoms with Crippen LogP contribution in [0.25, 0.3) is 22.8 Å². The zero-order valence-corrected chi connectivity index (χ0v) is 18.2. The lowest BCUT2D eigenvalue weighted by Gasteiger charge is -2.34. The Morgan fingerprint density at radius 3 is 2.67 bits per heavy atom. The largest absolute Gasteiger partial charge is 0.369 e. The number of piperazine rings is 1. The smallest absolute Gasteiger partial charge is 0.263 e. The molecule has 2 aliphatic heterocycles. The number of likely N-dealkylation sites (N-methyl/N-ethyl adjacent to an activating group) is 1. The van der Waals surface area contributed by atoms with E-state index in [-0.39, 0.29) is 5.91 Å². The van der Waals surface area contributed by atoms with Crippen LogP contribution in [0.2, 0.25) is 0 Å². The van der Waals surface area contributed by atoms with Gasteiger partial charge in [-0.25, -0.2) is 4.98 Å². The second kappa shape index (κ2) is 7.86.